The maximum Gasteiger partial charge on any atom is 0.00104 e. The second-order valence-corrected chi connectivity index (χ2v) is 7.38. The van der Waals surface area contributed by atoms with Gasteiger partial charge in [-0.25, -0.2) is 0 Å². The summed E-state index contributed by atoms with van der Waals surface area (Å²) >= 11 is 0. The van der Waals surface area contributed by atoms with Crippen LogP contribution >= 0.6 is 0 Å². The minimum atomic E-state index is 0.536. The normalized spacial score (nSPS) is 35.0. The first-order chi connectivity index (χ1) is 8.66. The summed E-state index contributed by atoms with van der Waals surface area (Å²) in [6, 6.07) is 0. The summed E-state index contributed by atoms with van der Waals surface area (Å²) in [5.74, 6) is 0. The van der Waals surface area contributed by atoms with Crippen LogP contribution in [0.5, 0.6) is 0 Å². The van der Waals surface area contributed by atoms with Gasteiger partial charge in [-0.2, -0.15) is 0 Å². The summed E-state index contributed by atoms with van der Waals surface area (Å²) in [5.41, 5.74) is 1.11. The molecule has 0 spiro atoms. The first kappa shape index (κ1) is 14.4. The largest absolute Gasteiger partial charge is 0.316 e. The molecule has 2 rings (SSSR count). The summed E-state index contributed by atoms with van der Waals surface area (Å²) in [4.78, 5) is 0. The molecule has 106 valence electrons. The lowest BCUT2D eigenvalue weighted by atomic mass is 9.59. The fraction of sp³-hybridized carbons (Fsp3) is 1.00. The van der Waals surface area contributed by atoms with E-state index in [4.69, 9.17) is 0 Å². The van der Waals surface area contributed by atoms with Gasteiger partial charge in [0, 0.05) is 6.54 Å². The van der Waals surface area contributed by atoms with Crippen molar-refractivity contribution in [3.05, 3.63) is 0 Å². The molecule has 1 saturated heterocycles. The van der Waals surface area contributed by atoms with Gasteiger partial charge in [-0.3, -0.25) is 0 Å². The van der Waals surface area contributed by atoms with Gasteiger partial charge in [0.1, 0.15) is 0 Å². The Morgan fingerprint density at radius 1 is 0.611 bits per heavy atom. The molecule has 1 unspecified atom stereocenters. The van der Waals surface area contributed by atoms with Gasteiger partial charge in [0.15, 0.2) is 0 Å². The van der Waals surface area contributed by atoms with Gasteiger partial charge in [-0.05, 0) is 43.1 Å². The van der Waals surface area contributed by atoms with E-state index < -0.39 is 0 Å². The Balaban J connectivity index is 2.08. The standard InChI is InChI=1S/C17H33N/c1-16(11-7-5-3-4-6-8-12-16)17(2)13-9-10-14-18-15-17/h18H,3-15H2,1-2H3. The van der Waals surface area contributed by atoms with Crippen LogP contribution in [0.4, 0.5) is 0 Å². The van der Waals surface area contributed by atoms with Gasteiger partial charge >= 0.3 is 0 Å². The highest BCUT2D eigenvalue weighted by atomic mass is 14.9. The molecule has 18 heavy (non-hydrogen) atoms. The summed E-state index contributed by atoms with van der Waals surface area (Å²) in [6.07, 6.45) is 16.0. The van der Waals surface area contributed by atoms with Crippen molar-refractivity contribution in [3.63, 3.8) is 0 Å². The molecule has 1 atom stereocenters. The van der Waals surface area contributed by atoms with Crippen LogP contribution in [0.15, 0.2) is 0 Å². The van der Waals surface area contributed by atoms with Crippen molar-refractivity contribution >= 4 is 0 Å². The van der Waals surface area contributed by atoms with Crippen molar-refractivity contribution in [2.75, 3.05) is 13.1 Å². The van der Waals surface area contributed by atoms with Crippen molar-refractivity contribution in [2.24, 2.45) is 10.8 Å². The molecule has 1 heteroatoms. The predicted octanol–water partition coefficient (Wildman–Crippen LogP) is 4.91. The highest BCUT2D eigenvalue weighted by Crippen LogP contribution is 2.50. The minimum Gasteiger partial charge on any atom is -0.316 e. The summed E-state index contributed by atoms with van der Waals surface area (Å²) in [5, 5.41) is 3.71. The third-order valence-electron chi connectivity index (χ3n) is 6.01. The smallest absolute Gasteiger partial charge is 0.00104 e. The van der Waals surface area contributed by atoms with E-state index in [0.29, 0.717) is 10.8 Å². The van der Waals surface area contributed by atoms with Gasteiger partial charge in [0.2, 0.25) is 0 Å². The zero-order valence-electron chi connectivity index (χ0n) is 12.7. The third-order valence-corrected chi connectivity index (χ3v) is 6.01. The van der Waals surface area contributed by atoms with Crippen molar-refractivity contribution in [1.29, 1.82) is 0 Å². The Morgan fingerprint density at radius 3 is 1.78 bits per heavy atom. The molecule has 0 aromatic heterocycles. The van der Waals surface area contributed by atoms with Gasteiger partial charge < -0.3 is 5.32 Å². The molecule has 0 radical (unpaired) electrons. The fourth-order valence-corrected chi connectivity index (χ4v) is 4.20. The van der Waals surface area contributed by atoms with Crippen LogP contribution in [0.3, 0.4) is 0 Å². The third kappa shape index (κ3) is 3.29. The Hall–Kier alpha value is -0.0400. The first-order valence-corrected chi connectivity index (χ1v) is 8.37. The van der Waals surface area contributed by atoms with Crippen molar-refractivity contribution in [3.8, 4) is 0 Å². The minimum absolute atomic E-state index is 0.536. The van der Waals surface area contributed by atoms with Crippen LogP contribution in [0, 0.1) is 10.8 Å². The lowest BCUT2D eigenvalue weighted by Crippen LogP contribution is -2.44. The van der Waals surface area contributed by atoms with E-state index in [1.54, 1.807) is 0 Å². The lowest BCUT2D eigenvalue weighted by Gasteiger charge is -2.47. The van der Waals surface area contributed by atoms with Crippen LogP contribution < -0.4 is 5.32 Å². The second kappa shape index (κ2) is 6.41. The van der Waals surface area contributed by atoms with Crippen LogP contribution in [-0.2, 0) is 0 Å². The molecule has 2 fully saturated rings. The monoisotopic (exact) mass is 251 g/mol. The number of rotatable bonds is 1. The Bertz CT molecular complexity index is 228. The van der Waals surface area contributed by atoms with E-state index in [9.17, 15) is 0 Å². The average molecular weight is 251 g/mol. The van der Waals surface area contributed by atoms with Crippen molar-refractivity contribution in [1.82, 2.24) is 5.32 Å². The van der Waals surface area contributed by atoms with Gasteiger partial charge in [0.05, 0.1) is 0 Å². The quantitative estimate of drug-likeness (QED) is 0.698. The second-order valence-electron chi connectivity index (χ2n) is 7.38. The molecule has 1 aliphatic heterocycles. The number of hydrogen-bond acceptors (Lipinski definition) is 1. The summed E-state index contributed by atoms with van der Waals surface area (Å²) < 4.78 is 0. The van der Waals surface area contributed by atoms with Crippen LogP contribution in [0.1, 0.15) is 84.5 Å². The van der Waals surface area contributed by atoms with E-state index in [-0.39, 0.29) is 0 Å². The highest BCUT2D eigenvalue weighted by Gasteiger charge is 2.43. The molecule has 1 N–H and O–H groups in total. The average Bonchev–Trinajstić information content (AvgIpc) is 2.51. The Labute approximate surface area is 114 Å². The van der Waals surface area contributed by atoms with E-state index in [0.717, 1.165) is 0 Å². The molecule has 1 aliphatic carbocycles. The van der Waals surface area contributed by atoms with E-state index >= 15 is 0 Å². The van der Waals surface area contributed by atoms with Crippen LogP contribution in [0.25, 0.3) is 0 Å². The number of hydrogen-bond donors (Lipinski definition) is 1. The SMILES string of the molecule is CC1(C2(C)CCCCNC2)CCCCCCCC1. The van der Waals surface area contributed by atoms with Gasteiger partial charge in [0.25, 0.3) is 0 Å². The molecule has 0 amide bonds. The summed E-state index contributed by atoms with van der Waals surface area (Å²) in [7, 11) is 0. The van der Waals surface area contributed by atoms with E-state index in [2.05, 4.69) is 19.2 Å². The Morgan fingerprint density at radius 2 is 1.11 bits per heavy atom. The number of nitrogens with one attached hydrogen (secondary N) is 1. The fourth-order valence-electron chi connectivity index (χ4n) is 4.20. The molecular formula is C17H33N. The van der Waals surface area contributed by atoms with E-state index in [1.165, 1.54) is 83.7 Å². The Kier molecular flexibility index (Phi) is 5.12. The molecule has 0 bridgehead atoms. The molecule has 0 aromatic rings. The van der Waals surface area contributed by atoms with Crippen molar-refractivity contribution < 1.29 is 0 Å². The molecule has 1 saturated carbocycles. The molecular weight excluding hydrogens is 218 g/mol. The maximum atomic E-state index is 3.71. The molecule has 1 nitrogen and oxygen atoms in total. The van der Waals surface area contributed by atoms with Crippen molar-refractivity contribution in [2.45, 2.75) is 84.5 Å². The predicted molar refractivity (Wildman–Crippen MR) is 79.9 cm³/mol. The zero-order chi connectivity index (χ0) is 12.9. The lowest BCUT2D eigenvalue weighted by molar-refractivity contribution is 0.0403. The maximum absolute atomic E-state index is 3.71. The molecule has 0 aromatic carbocycles. The topological polar surface area (TPSA) is 12.0 Å². The van der Waals surface area contributed by atoms with Crippen LogP contribution in [-0.4, -0.2) is 13.1 Å². The first-order valence-electron chi connectivity index (χ1n) is 8.37. The summed E-state index contributed by atoms with van der Waals surface area (Å²) in [6.45, 7) is 7.67. The van der Waals surface area contributed by atoms with E-state index in [1.807, 2.05) is 0 Å². The molecule has 2 aliphatic rings. The van der Waals surface area contributed by atoms with Crippen LogP contribution in [0.2, 0.25) is 0 Å². The highest BCUT2D eigenvalue weighted by molar-refractivity contribution is 4.95. The zero-order valence-corrected chi connectivity index (χ0v) is 12.7. The van der Waals surface area contributed by atoms with Gasteiger partial charge in [-0.15, -0.1) is 0 Å². The molecule has 1 heterocycles. The van der Waals surface area contributed by atoms with Gasteiger partial charge in [-0.1, -0.05) is 58.8 Å².